The maximum atomic E-state index is 13.0. The third-order valence-corrected chi connectivity index (χ3v) is 6.20. The van der Waals surface area contributed by atoms with Gasteiger partial charge in [-0.25, -0.2) is 0 Å². The van der Waals surface area contributed by atoms with E-state index in [4.69, 9.17) is 4.74 Å². The van der Waals surface area contributed by atoms with Crippen LogP contribution in [0.15, 0.2) is 36.7 Å². The molecule has 1 aromatic carbocycles. The van der Waals surface area contributed by atoms with Crippen LogP contribution in [0.25, 0.3) is 0 Å². The normalized spacial score (nSPS) is 23.1. The van der Waals surface area contributed by atoms with Crippen molar-refractivity contribution in [1.29, 1.82) is 0 Å². The lowest BCUT2D eigenvalue weighted by atomic mass is 9.72. The standard InChI is InChI=1S/C22H30N4O2/c1-4-28-20-19(25-21(27)16-13-24-26(14-16)15(2)3)17-7-5-6-8-18(17)22(20)9-11-23-12-10-22/h5-8,13-15,19-20,23H,4,9-12H2,1-3H3,(H,25,27)/t19-,20+/m1/s1. The maximum Gasteiger partial charge on any atom is 0.255 e. The number of piperidine rings is 1. The minimum atomic E-state index is -0.149. The van der Waals surface area contributed by atoms with E-state index in [1.165, 1.54) is 11.1 Å². The van der Waals surface area contributed by atoms with Gasteiger partial charge in [0.1, 0.15) is 0 Å². The first-order chi connectivity index (χ1) is 13.6. The first-order valence-electron chi connectivity index (χ1n) is 10.3. The van der Waals surface area contributed by atoms with Crippen LogP contribution in [0, 0.1) is 0 Å². The Balaban J connectivity index is 1.67. The lowest BCUT2D eigenvalue weighted by Gasteiger charge is -2.41. The number of benzene rings is 1. The molecule has 2 aromatic rings. The summed E-state index contributed by atoms with van der Waals surface area (Å²) < 4.78 is 8.12. The van der Waals surface area contributed by atoms with E-state index in [-0.39, 0.29) is 29.5 Å². The molecule has 150 valence electrons. The van der Waals surface area contributed by atoms with Gasteiger partial charge in [-0.3, -0.25) is 9.48 Å². The minimum absolute atomic E-state index is 0.0437. The van der Waals surface area contributed by atoms with Crippen LogP contribution in [0.4, 0.5) is 0 Å². The highest BCUT2D eigenvalue weighted by Gasteiger charge is 2.53. The summed E-state index contributed by atoms with van der Waals surface area (Å²) in [4.78, 5) is 13.0. The Kier molecular flexibility index (Phi) is 5.25. The quantitative estimate of drug-likeness (QED) is 0.834. The zero-order chi connectivity index (χ0) is 19.7. The molecule has 2 aliphatic rings. The second-order valence-electron chi connectivity index (χ2n) is 8.12. The molecule has 28 heavy (non-hydrogen) atoms. The summed E-state index contributed by atoms with van der Waals surface area (Å²) in [6.07, 6.45) is 5.45. The van der Waals surface area contributed by atoms with Gasteiger partial charge in [0.05, 0.1) is 23.9 Å². The molecule has 0 radical (unpaired) electrons. The fourth-order valence-corrected chi connectivity index (χ4v) is 4.83. The largest absolute Gasteiger partial charge is 0.375 e. The number of nitrogens with one attached hydrogen (secondary N) is 2. The van der Waals surface area contributed by atoms with Crippen molar-refractivity contribution in [3.63, 3.8) is 0 Å². The average molecular weight is 383 g/mol. The molecule has 2 heterocycles. The SMILES string of the molecule is CCO[C@H]1[C@H](NC(=O)c2cnn(C(C)C)c2)c2ccccc2C12CCNCC2. The van der Waals surface area contributed by atoms with Gasteiger partial charge in [0, 0.05) is 24.3 Å². The van der Waals surface area contributed by atoms with E-state index in [1.54, 1.807) is 6.20 Å². The Morgan fingerprint density at radius 2 is 2.11 bits per heavy atom. The van der Waals surface area contributed by atoms with Gasteiger partial charge in [-0.05, 0) is 57.8 Å². The Morgan fingerprint density at radius 3 is 2.79 bits per heavy atom. The van der Waals surface area contributed by atoms with E-state index < -0.39 is 0 Å². The monoisotopic (exact) mass is 382 g/mol. The van der Waals surface area contributed by atoms with Gasteiger partial charge in [0.2, 0.25) is 0 Å². The highest BCUT2D eigenvalue weighted by Crippen LogP contribution is 2.51. The molecular weight excluding hydrogens is 352 g/mol. The zero-order valence-corrected chi connectivity index (χ0v) is 16.9. The number of aromatic nitrogens is 2. The van der Waals surface area contributed by atoms with Crippen LogP contribution in [-0.4, -0.2) is 41.5 Å². The summed E-state index contributed by atoms with van der Waals surface area (Å²) in [6.45, 7) is 8.70. The topological polar surface area (TPSA) is 68.2 Å². The summed E-state index contributed by atoms with van der Waals surface area (Å²) in [5.41, 5.74) is 3.07. The molecule has 2 atom stereocenters. The molecular formula is C22H30N4O2. The number of carbonyl (C=O) groups excluding carboxylic acids is 1. The molecule has 1 aliphatic carbocycles. The van der Waals surface area contributed by atoms with Gasteiger partial charge in [-0.2, -0.15) is 5.10 Å². The van der Waals surface area contributed by atoms with E-state index in [0.29, 0.717) is 12.2 Å². The van der Waals surface area contributed by atoms with Gasteiger partial charge in [0.25, 0.3) is 5.91 Å². The van der Waals surface area contributed by atoms with Crippen molar-refractivity contribution in [3.8, 4) is 0 Å². The Bertz CT molecular complexity index is 839. The van der Waals surface area contributed by atoms with Crippen molar-refractivity contribution in [2.75, 3.05) is 19.7 Å². The van der Waals surface area contributed by atoms with Crippen LogP contribution in [0.5, 0.6) is 0 Å². The van der Waals surface area contributed by atoms with Gasteiger partial charge in [-0.15, -0.1) is 0 Å². The predicted molar refractivity (Wildman–Crippen MR) is 108 cm³/mol. The van der Waals surface area contributed by atoms with Crippen LogP contribution < -0.4 is 10.6 Å². The first-order valence-corrected chi connectivity index (χ1v) is 10.3. The number of carbonyl (C=O) groups is 1. The Hall–Kier alpha value is -2.18. The van der Waals surface area contributed by atoms with Crippen molar-refractivity contribution >= 4 is 5.91 Å². The molecule has 0 saturated carbocycles. The number of hydrogen-bond donors (Lipinski definition) is 2. The zero-order valence-electron chi connectivity index (χ0n) is 16.9. The molecule has 1 spiro atoms. The minimum Gasteiger partial charge on any atom is -0.375 e. The lowest BCUT2D eigenvalue weighted by molar-refractivity contribution is -0.0207. The van der Waals surface area contributed by atoms with Crippen LogP contribution in [0.3, 0.4) is 0 Å². The molecule has 6 nitrogen and oxygen atoms in total. The van der Waals surface area contributed by atoms with Crippen LogP contribution in [0.2, 0.25) is 0 Å². The number of fused-ring (bicyclic) bond motifs is 2. The second kappa shape index (κ2) is 7.68. The smallest absolute Gasteiger partial charge is 0.255 e. The van der Waals surface area contributed by atoms with E-state index in [0.717, 1.165) is 25.9 Å². The molecule has 1 amide bonds. The molecule has 1 aliphatic heterocycles. The first kappa shape index (κ1) is 19.2. The van der Waals surface area contributed by atoms with Gasteiger partial charge < -0.3 is 15.4 Å². The van der Waals surface area contributed by atoms with Crippen LogP contribution in [-0.2, 0) is 10.2 Å². The van der Waals surface area contributed by atoms with Crippen molar-refractivity contribution in [3.05, 3.63) is 53.3 Å². The molecule has 2 N–H and O–H groups in total. The molecule has 4 rings (SSSR count). The van der Waals surface area contributed by atoms with E-state index in [9.17, 15) is 4.79 Å². The van der Waals surface area contributed by atoms with Crippen molar-refractivity contribution in [1.82, 2.24) is 20.4 Å². The summed E-state index contributed by atoms with van der Waals surface area (Å²) in [6, 6.07) is 8.59. The second-order valence-corrected chi connectivity index (χ2v) is 8.12. The fraction of sp³-hybridized carbons (Fsp3) is 0.545. The summed E-state index contributed by atoms with van der Waals surface area (Å²) in [5, 5.41) is 11.1. The molecule has 0 unspecified atom stereocenters. The predicted octanol–water partition coefficient (Wildman–Crippen LogP) is 2.98. The van der Waals surface area contributed by atoms with E-state index in [2.05, 4.69) is 40.0 Å². The molecule has 1 aromatic heterocycles. The van der Waals surface area contributed by atoms with E-state index >= 15 is 0 Å². The summed E-state index contributed by atoms with van der Waals surface area (Å²) in [7, 11) is 0. The van der Waals surface area contributed by atoms with Crippen LogP contribution >= 0.6 is 0 Å². The number of nitrogens with zero attached hydrogens (tertiary/aromatic N) is 2. The van der Waals surface area contributed by atoms with Crippen LogP contribution in [0.1, 0.15) is 67.2 Å². The lowest BCUT2D eigenvalue weighted by Crippen LogP contribution is -2.49. The van der Waals surface area contributed by atoms with E-state index in [1.807, 2.05) is 31.6 Å². The molecule has 1 saturated heterocycles. The van der Waals surface area contributed by atoms with Gasteiger partial charge >= 0.3 is 0 Å². The molecule has 6 heteroatoms. The third-order valence-electron chi connectivity index (χ3n) is 6.20. The Morgan fingerprint density at radius 1 is 1.36 bits per heavy atom. The fourth-order valence-electron chi connectivity index (χ4n) is 4.83. The third kappa shape index (κ3) is 3.14. The molecule has 1 fully saturated rings. The highest BCUT2D eigenvalue weighted by molar-refractivity contribution is 5.94. The number of amides is 1. The number of rotatable bonds is 5. The molecule has 0 bridgehead atoms. The van der Waals surface area contributed by atoms with Gasteiger partial charge in [-0.1, -0.05) is 24.3 Å². The average Bonchev–Trinajstić information content (AvgIpc) is 3.29. The highest BCUT2D eigenvalue weighted by atomic mass is 16.5. The summed E-state index contributed by atoms with van der Waals surface area (Å²) in [5.74, 6) is -0.0950. The van der Waals surface area contributed by atoms with Crippen molar-refractivity contribution in [2.45, 2.75) is 57.2 Å². The van der Waals surface area contributed by atoms with Crippen molar-refractivity contribution < 1.29 is 9.53 Å². The maximum absolute atomic E-state index is 13.0. The number of hydrogen-bond acceptors (Lipinski definition) is 4. The Labute approximate surface area is 166 Å². The summed E-state index contributed by atoms with van der Waals surface area (Å²) >= 11 is 0. The van der Waals surface area contributed by atoms with Gasteiger partial charge in [0.15, 0.2) is 0 Å². The van der Waals surface area contributed by atoms with Crippen molar-refractivity contribution in [2.24, 2.45) is 0 Å². The number of ether oxygens (including phenoxy) is 1.